The highest BCUT2D eigenvalue weighted by Crippen LogP contribution is 2.00. The van der Waals surface area contributed by atoms with Crippen LogP contribution in [0.2, 0.25) is 0 Å². The van der Waals surface area contributed by atoms with Crippen LogP contribution in [0, 0.1) is 0 Å². The van der Waals surface area contributed by atoms with Crippen molar-refractivity contribution in [3.63, 3.8) is 0 Å². The SMILES string of the molecule is CC(C)NCCOC(C)C(=O)NC(C)(C)C. The number of hydrogen-bond donors (Lipinski definition) is 2. The molecule has 0 saturated heterocycles. The fraction of sp³-hybridized carbons (Fsp3) is 0.917. The summed E-state index contributed by atoms with van der Waals surface area (Å²) in [4.78, 5) is 11.6. The van der Waals surface area contributed by atoms with Gasteiger partial charge in [-0.15, -0.1) is 0 Å². The molecule has 96 valence electrons. The van der Waals surface area contributed by atoms with E-state index in [0.29, 0.717) is 12.6 Å². The molecule has 0 aromatic rings. The van der Waals surface area contributed by atoms with Gasteiger partial charge in [0.25, 0.3) is 0 Å². The zero-order valence-corrected chi connectivity index (χ0v) is 11.4. The van der Waals surface area contributed by atoms with Crippen LogP contribution in [0.15, 0.2) is 0 Å². The van der Waals surface area contributed by atoms with Gasteiger partial charge in [-0.05, 0) is 27.7 Å². The third-order valence-electron chi connectivity index (χ3n) is 1.89. The number of ether oxygens (including phenoxy) is 1. The monoisotopic (exact) mass is 230 g/mol. The second kappa shape index (κ2) is 6.86. The number of carbonyl (C=O) groups excluding carboxylic acids is 1. The Morgan fingerprint density at radius 1 is 1.25 bits per heavy atom. The van der Waals surface area contributed by atoms with Crippen molar-refractivity contribution in [2.45, 2.75) is 59.2 Å². The van der Waals surface area contributed by atoms with Crippen molar-refractivity contribution in [3.05, 3.63) is 0 Å². The van der Waals surface area contributed by atoms with Crippen molar-refractivity contribution in [2.24, 2.45) is 0 Å². The van der Waals surface area contributed by atoms with Gasteiger partial charge >= 0.3 is 0 Å². The second-order valence-electron chi connectivity index (χ2n) is 5.36. The molecule has 0 bridgehead atoms. The van der Waals surface area contributed by atoms with E-state index in [2.05, 4.69) is 24.5 Å². The molecule has 4 nitrogen and oxygen atoms in total. The van der Waals surface area contributed by atoms with E-state index >= 15 is 0 Å². The third kappa shape index (κ3) is 8.68. The minimum Gasteiger partial charge on any atom is -0.367 e. The summed E-state index contributed by atoms with van der Waals surface area (Å²) in [6.45, 7) is 13.1. The minimum atomic E-state index is -0.395. The van der Waals surface area contributed by atoms with Gasteiger partial charge in [0.2, 0.25) is 5.91 Å². The summed E-state index contributed by atoms with van der Waals surface area (Å²) in [5.41, 5.74) is -0.203. The lowest BCUT2D eigenvalue weighted by molar-refractivity contribution is -0.133. The van der Waals surface area contributed by atoms with Gasteiger partial charge in [0.05, 0.1) is 6.61 Å². The zero-order chi connectivity index (χ0) is 12.8. The van der Waals surface area contributed by atoms with E-state index in [1.165, 1.54) is 0 Å². The number of rotatable bonds is 6. The Hall–Kier alpha value is -0.610. The lowest BCUT2D eigenvalue weighted by atomic mass is 10.1. The topological polar surface area (TPSA) is 50.4 Å². The van der Waals surface area contributed by atoms with E-state index in [0.717, 1.165) is 6.54 Å². The van der Waals surface area contributed by atoms with Crippen LogP contribution in [0.4, 0.5) is 0 Å². The van der Waals surface area contributed by atoms with Crippen molar-refractivity contribution in [3.8, 4) is 0 Å². The van der Waals surface area contributed by atoms with Crippen LogP contribution in [0.25, 0.3) is 0 Å². The zero-order valence-electron chi connectivity index (χ0n) is 11.4. The lowest BCUT2D eigenvalue weighted by Crippen LogP contribution is -2.46. The molecule has 0 saturated carbocycles. The van der Waals surface area contributed by atoms with Gasteiger partial charge in [-0.2, -0.15) is 0 Å². The molecule has 0 radical (unpaired) electrons. The molecule has 0 aliphatic carbocycles. The molecule has 0 rings (SSSR count). The van der Waals surface area contributed by atoms with Gasteiger partial charge in [-0.25, -0.2) is 0 Å². The summed E-state index contributed by atoms with van der Waals surface area (Å²) >= 11 is 0. The Labute approximate surface area is 99.1 Å². The molecule has 16 heavy (non-hydrogen) atoms. The van der Waals surface area contributed by atoms with E-state index in [9.17, 15) is 4.79 Å². The summed E-state index contributed by atoms with van der Waals surface area (Å²) in [7, 11) is 0. The van der Waals surface area contributed by atoms with E-state index in [4.69, 9.17) is 4.74 Å². The van der Waals surface area contributed by atoms with Gasteiger partial charge in [0.1, 0.15) is 6.10 Å². The molecule has 0 spiro atoms. The van der Waals surface area contributed by atoms with Gasteiger partial charge in [-0.1, -0.05) is 13.8 Å². The van der Waals surface area contributed by atoms with E-state index in [1.807, 2.05) is 20.8 Å². The van der Waals surface area contributed by atoms with Crippen LogP contribution >= 0.6 is 0 Å². The van der Waals surface area contributed by atoms with Gasteiger partial charge < -0.3 is 15.4 Å². The van der Waals surface area contributed by atoms with Crippen LogP contribution in [0.3, 0.4) is 0 Å². The molecular weight excluding hydrogens is 204 g/mol. The van der Waals surface area contributed by atoms with Gasteiger partial charge in [0, 0.05) is 18.1 Å². The highest BCUT2D eigenvalue weighted by molar-refractivity contribution is 5.80. The maximum atomic E-state index is 11.6. The highest BCUT2D eigenvalue weighted by atomic mass is 16.5. The molecule has 1 atom stereocenters. The van der Waals surface area contributed by atoms with Crippen molar-refractivity contribution in [1.29, 1.82) is 0 Å². The maximum Gasteiger partial charge on any atom is 0.249 e. The summed E-state index contributed by atoms with van der Waals surface area (Å²) in [6.07, 6.45) is -0.395. The second-order valence-corrected chi connectivity index (χ2v) is 5.36. The first-order valence-electron chi connectivity index (χ1n) is 5.89. The summed E-state index contributed by atoms with van der Waals surface area (Å²) in [5.74, 6) is -0.0583. The molecule has 1 amide bonds. The fourth-order valence-corrected chi connectivity index (χ4v) is 1.13. The maximum absolute atomic E-state index is 11.6. The first-order valence-corrected chi connectivity index (χ1v) is 5.89. The van der Waals surface area contributed by atoms with Crippen LogP contribution < -0.4 is 10.6 Å². The average Bonchev–Trinajstić information content (AvgIpc) is 2.08. The number of carbonyl (C=O) groups is 1. The van der Waals surface area contributed by atoms with E-state index < -0.39 is 6.10 Å². The molecule has 0 heterocycles. The smallest absolute Gasteiger partial charge is 0.249 e. The molecular formula is C12H26N2O2. The van der Waals surface area contributed by atoms with Crippen molar-refractivity contribution < 1.29 is 9.53 Å². The Kier molecular flexibility index (Phi) is 6.60. The normalized spacial score (nSPS) is 13.9. The lowest BCUT2D eigenvalue weighted by Gasteiger charge is -2.23. The average molecular weight is 230 g/mol. The molecule has 0 aromatic carbocycles. The van der Waals surface area contributed by atoms with E-state index in [1.54, 1.807) is 6.92 Å². The predicted octanol–water partition coefficient (Wildman–Crippen LogP) is 1.30. The van der Waals surface area contributed by atoms with E-state index in [-0.39, 0.29) is 11.4 Å². The van der Waals surface area contributed by atoms with Crippen LogP contribution in [-0.4, -0.2) is 36.7 Å². The Morgan fingerprint density at radius 2 is 1.81 bits per heavy atom. The quantitative estimate of drug-likeness (QED) is 0.676. The van der Waals surface area contributed by atoms with Gasteiger partial charge in [0.15, 0.2) is 0 Å². The summed E-state index contributed by atoms with van der Waals surface area (Å²) in [5, 5.41) is 6.12. The third-order valence-corrected chi connectivity index (χ3v) is 1.89. The van der Waals surface area contributed by atoms with Crippen LogP contribution in [0.1, 0.15) is 41.5 Å². The Morgan fingerprint density at radius 3 is 2.25 bits per heavy atom. The van der Waals surface area contributed by atoms with Crippen molar-refractivity contribution >= 4 is 5.91 Å². The molecule has 0 aliphatic rings. The molecule has 0 fully saturated rings. The minimum absolute atomic E-state index is 0.0583. The van der Waals surface area contributed by atoms with Gasteiger partial charge in [-0.3, -0.25) is 4.79 Å². The van der Waals surface area contributed by atoms with Crippen LogP contribution in [0.5, 0.6) is 0 Å². The first-order chi connectivity index (χ1) is 7.22. The molecule has 2 N–H and O–H groups in total. The highest BCUT2D eigenvalue weighted by Gasteiger charge is 2.19. The standard InChI is InChI=1S/C12H26N2O2/c1-9(2)13-7-8-16-10(3)11(15)14-12(4,5)6/h9-10,13H,7-8H2,1-6H3,(H,14,15). The first kappa shape index (κ1) is 15.4. The fourth-order valence-electron chi connectivity index (χ4n) is 1.13. The Balaban J connectivity index is 3.72. The van der Waals surface area contributed by atoms with Crippen molar-refractivity contribution in [1.82, 2.24) is 10.6 Å². The molecule has 1 unspecified atom stereocenters. The largest absolute Gasteiger partial charge is 0.367 e. The molecule has 0 aliphatic heterocycles. The van der Waals surface area contributed by atoms with Crippen LogP contribution in [-0.2, 0) is 9.53 Å². The number of hydrogen-bond acceptors (Lipinski definition) is 3. The molecule has 0 aromatic heterocycles. The Bertz CT molecular complexity index is 210. The molecule has 4 heteroatoms. The number of nitrogens with one attached hydrogen (secondary N) is 2. The summed E-state index contributed by atoms with van der Waals surface area (Å²) < 4.78 is 5.43. The number of amides is 1. The summed E-state index contributed by atoms with van der Waals surface area (Å²) in [6, 6.07) is 0.447. The predicted molar refractivity (Wildman–Crippen MR) is 66.4 cm³/mol. The van der Waals surface area contributed by atoms with Crippen molar-refractivity contribution in [2.75, 3.05) is 13.2 Å².